The molecule has 3 amide bonds. The molecule has 1 saturated heterocycles. The van der Waals surface area contributed by atoms with Crippen molar-refractivity contribution in [1.29, 1.82) is 0 Å². The van der Waals surface area contributed by atoms with Crippen LogP contribution >= 0.6 is 12.4 Å². The molecule has 1 aromatic carbocycles. The Kier molecular flexibility index (Phi) is 8.46. The number of nitrogens with zero attached hydrogens (tertiary/aromatic N) is 1. The van der Waals surface area contributed by atoms with Crippen LogP contribution in [0.4, 0.5) is 5.69 Å². The minimum atomic E-state index is -0.382. The van der Waals surface area contributed by atoms with Crippen molar-refractivity contribution < 1.29 is 14.4 Å². The summed E-state index contributed by atoms with van der Waals surface area (Å²) in [5.41, 5.74) is 6.28. The lowest BCUT2D eigenvalue weighted by Gasteiger charge is -2.33. The molecular formula is C21H31ClN4O3. The highest BCUT2D eigenvalue weighted by atomic mass is 35.5. The molecule has 0 spiro atoms. The quantitative estimate of drug-likeness (QED) is 0.653. The van der Waals surface area contributed by atoms with E-state index in [4.69, 9.17) is 5.73 Å². The SMILES string of the molecule is CC1CCC(N2CC(C(=O)Nc3ccccc3C(=O)NCCN)CC2=O)CC1.Cl. The van der Waals surface area contributed by atoms with Crippen LogP contribution in [0.3, 0.4) is 0 Å². The van der Waals surface area contributed by atoms with E-state index in [1.807, 2.05) is 4.90 Å². The second kappa shape index (κ2) is 10.6. The van der Waals surface area contributed by atoms with Crippen LogP contribution in [0.15, 0.2) is 24.3 Å². The number of nitrogens with one attached hydrogen (secondary N) is 2. The number of halogens is 1. The van der Waals surface area contributed by atoms with Crippen molar-refractivity contribution >= 4 is 35.8 Å². The van der Waals surface area contributed by atoms with E-state index >= 15 is 0 Å². The summed E-state index contributed by atoms with van der Waals surface area (Å²) in [5.74, 6) is -0.0865. The molecule has 29 heavy (non-hydrogen) atoms. The first kappa shape index (κ1) is 23.2. The third kappa shape index (κ3) is 5.70. The van der Waals surface area contributed by atoms with Crippen molar-refractivity contribution in [3.63, 3.8) is 0 Å². The molecule has 4 N–H and O–H groups in total. The Morgan fingerprint density at radius 1 is 1.17 bits per heavy atom. The predicted octanol–water partition coefficient (Wildman–Crippen LogP) is 2.16. The van der Waals surface area contributed by atoms with Gasteiger partial charge in [-0.25, -0.2) is 0 Å². The normalized spacial score (nSPS) is 24.0. The van der Waals surface area contributed by atoms with Gasteiger partial charge in [0, 0.05) is 32.1 Å². The molecule has 1 aliphatic heterocycles. The fourth-order valence-corrected chi connectivity index (χ4v) is 4.12. The molecule has 1 heterocycles. The Bertz CT molecular complexity index is 734. The molecule has 1 aliphatic carbocycles. The molecule has 1 saturated carbocycles. The molecule has 0 bridgehead atoms. The van der Waals surface area contributed by atoms with Gasteiger partial charge in [0.05, 0.1) is 17.2 Å². The zero-order chi connectivity index (χ0) is 20.1. The third-order valence-corrected chi connectivity index (χ3v) is 5.81. The largest absolute Gasteiger partial charge is 0.351 e. The zero-order valence-electron chi connectivity index (χ0n) is 16.9. The van der Waals surface area contributed by atoms with Crippen molar-refractivity contribution in [3.05, 3.63) is 29.8 Å². The molecule has 8 heteroatoms. The summed E-state index contributed by atoms with van der Waals surface area (Å²) in [4.78, 5) is 39.5. The lowest BCUT2D eigenvalue weighted by atomic mass is 9.87. The van der Waals surface area contributed by atoms with E-state index in [0.717, 1.165) is 31.6 Å². The van der Waals surface area contributed by atoms with Gasteiger partial charge < -0.3 is 21.3 Å². The number of para-hydroxylation sites is 1. The highest BCUT2D eigenvalue weighted by Crippen LogP contribution is 2.31. The Balaban J connectivity index is 0.00000300. The maximum absolute atomic E-state index is 12.8. The molecular weight excluding hydrogens is 392 g/mol. The fourth-order valence-electron chi connectivity index (χ4n) is 4.12. The van der Waals surface area contributed by atoms with Gasteiger partial charge in [0.2, 0.25) is 11.8 Å². The number of carbonyl (C=O) groups excluding carboxylic acids is 3. The van der Waals surface area contributed by atoms with Crippen LogP contribution in [0.5, 0.6) is 0 Å². The molecule has 160 valence electrons. The van der Waals surface area contributed by atoms with E-state index in [2.05, 4.69) is 17.6 Å². The van der Waals surface area contributed by atoms with Gasteiger partial charge in [0.15, 0.2) is 0 Å². The van der Waals surface area contributed by atoms with Crippen LogP contribution in [-0.4, -0.2) is 48.3 Å². The average molecular weight is 423 g/mol. The van der Waals surface area contributed by atoms with Crippen LogP contribution in [0.25, 0.3) is 0 Å². The van der Waals surface area contributed by atoms with E-state index in [9.17, 15) is 14.4 Å². The summed E-state index contributed by atoms with van der Waals surface area (Å²) in [6, 6.07) is 7.14. The van der Waals surface area contributed by atoms with E-state index in [1.165, 1.54) is 0 Å². The van der Waals surface area contributed by atoms with Crippen LogP contribution in [-0.2, 0) is 9.59 Å². The molecule has 1 unspecified atom stereocenters. The van der Waals surface area contributed by atoms with E-state index in [0.29, 0.717) is 30.9 Å². The van der Waals surface area contributed by atoms with E-state index in [1.54, 1.807) is 24.3 Å². The Morgan fingerprint density at radius 2 is 1.86 bits per heavy atom. The Hall–Kier alpha value is -2.12. The van der Waals surface area contributed by atoms with Gasteiger partial charge in [-0.1, -0.05) is 19.1 Å². The molecule has 7 nitrogen and oxygen atoms in total. The average Bonchev–Trinajstić information content (AvgIpc) is 3.09. The number of anilines is 1. The van der Waals surface area contributed by atoms with E-state index < -0.39 is 0 Å². The number of rotatable bonds is 6. The van der Waals surface area contributed by atoms with Crippen LogP contribution in [0.2, 0.25) is 0 Å². The molecule has 1 atom stereocenters. The molecule has 2 aliphatic rings. The number of benzene rings is 1. The van der Waals surface area contributed by atoms with Gasteiger partial charge >= 0.3 is 0 Å². The number of amides is 3. The van der Waals surface area contributed by atoms with Gasteiger partial charge in [-0.3, -0.25) is 14.4 Å². The molecule has 2 fully saturated rings. The summed E-state index contributed by atoms with van der Waals surface area (Å²) in [5, 5.41) is 5.57. The minimum Gasteiger partial charge on any atom is -0.351 e. The smallest absolute Gasteiger partial charge is 0.253 e. The van der Waals surface area contributed by atoms with Crippen LogP contribution in [0.1, 0.15) is 49.4 Å². The van der Waals surface area contributed by atoms with Gasteiger partial charge in [0.1, 0.15) is 0 Å². The van der Waals surface area contributed by atoms with Crippen LogP contribution in [0, 0.1) is 11.8 Å². The maximum Gasteiger partial charge on any atom is 0.253 e. The summed E-state index contributed by atoms with van der Waals surface area (Å²) >= 11 is 0. The molecule has 0 aromatic heterocycles. The second-order valence-corrected chi connectivity index (χ2v) is 7.94. The number of likely N-dealkylation sites (tertiary alicyclic amines) is 1. The maximum atomic E-state index is 12.8. The molecule has 1 aromatic rings. The van der Waals surface area contributed by atoms with Gasteiger partial charge in [-0.2, -0.15) is 0 Å². The van der Waals surface area contributed by atoms with Crippen molar-refractivity contribution in [2.24, 2.45) is 17.6 Å². The van der Waals surface area contributed by atoms with Gasteiger partial charge in [-0.05, 0) is 43.7 Å². The van der Waals surface area contributed by atoms with Crippen molar-refractivity contribution in [2.45, 2.75) is 45.1 Å². The van der Waals surface area contributed by atoms with Crippen molar-refractivity contribution in [1.82, 2.24) is 10.2 Å². The molecule has 0 radical (unpaired) electrons. The van der Waals surface area contributed by atoms with Crippen molar-refractivity contribution in [3.8, 4) is 0 Å². The van der Waals surface area contributed by atoms with Gasteiger partial charge in [0.25, 0.3) is 5.91 Å². The lowest BCUT2D eigenvalue weighted by Crippen LogP contribution is -2.39. The molecule has 3 rings (SSSR count). The topological polar surface area (TPSA) is 105 Å². The monoisotopic (exact) mass is 422 g/mol. The van der Waals surface area contributed by atoms with Crippen LogP contribution < -0.4 is 16.4 Å². The first-order valence-corrected chi connectivity index (χ1v) is 10.2. The van der Waals surface area contributed by atoms with E-state index in [-0.39, 0.29) is 48.5 Å². The number of nitrogens with two attached hydrogens (primary N) is 1. The summed E-state index contributed by atoms with van der Waals surface area (Å²) in [7, 11) is 0. The van der Waals surface area contributed by atoms with Crippen molar-refractivity contribution in [2.75, 3.05) is 25.0 Å². The number of hydrogen-bond acceptors (Lipinski definition) is 4. The third-order valence-electron chi connectivity index (χ3n) is 5.81. The van der Waals surface area contributed by atoms with Gasteiger partial charge in [-0.15, -0.1) is 12.4 Å². The zero-order valence-corrected chi connectivity index (χ0v) is 17.7. The highest BCUT2D eigenvalue weighted by Gasteiger charge is 2.38. The summed E-state index contributed by atoms with van der Waals surface area (Å²) in [6.07, 6.45) is 4.55. The lowest BCUT2D eigenvalue weighted by molar-refractivity contribution is -0.130. The second-order valence-electron chi connectivity index (χ2n) is 7.94. The minimum absolute atomic E-state index is 0. The Labute approximate surface area is 178 Å². The standard InChI is InChI=1S/C21H30N4O3.ClH/c1-14-6-8-16(9-7-14)25-13-15(12-19(25)26)20(27)24-18-5-3-2-4-17(18)21(28)23-11-10-22;/h2-5,14-16H,6-13,22H2,1H3,(H,23,28)(H,24,27);1H. The fraction of sp³-hybridized carbons (Fsp3) is 0.571. The number of hydrogen-bond donors (Lipinski definition) is 3. The first-order chi connectivity index (χ1) is 13.5. The Morgan fingerprint density at radius 3 is 2.55 bits per heavy atom. The number of carbonyl (C=O) groups is 3. The first-order valence-electron chi connectivity index (χ1n) is 10.2. The highest BCUT2D eigenvalue weighted by molar-refractivity contribution is 6.05. The summed E-state index contributed by atoms with van der Waals surface area (Å²) < 4.78 is 0. The predicted molar refractivity (Wildman–Crippen MR) is 115 cm³/mol. The summed E-state index contributed by atoms with van der Waals surface area (Å²) in [6.45, 7) is 3.43.